The molecular weight excluding hydrogens is 260 g/mol. The Hall–Kier alpha value is -2.09. The van der Waals surface area contributed by atoms with Crippen LogP contribution in [0.4, 0.5) is 0 Å². The zero-order chi connectivity index (χ0) is 14.2. The Morgan fingerprint density at radius 1 is 1.00 bits per heavy atom. The van der Waals surface area contributed by atoms with Crippen molar-refractivity contribution in [3.63, 3.8) is 0 Å². The molecule has 21 heavy (non-hydrogen) atoms. The summed E-state index contributed by atoms with van der Waals surface area (Å²) in [6, 6.07) is 18.4. The smallest absolute Gasteiger partial charge is 0.143 e. The number of benzene rings is 2. The van der Waals surface area contributed by atoms with Gasteiger partial charge in [0.05, 0.1) is 12.5 Å². The third kappa shape index (κ3) is 2.35. The van der Waals surface area contributed by atoms with Gasteiger partial charge in [-0.25, -0.2) is 0 Å². The summed E-state index contributed by atoms with van der Waals surface area (Å²) in [5.41, 5.74) is 2.46. The predicted octanol–water partition coefficient (Wildman–Crippen LogP) is 3.61. The average molecular weight is 278 g/mol. The van der Waals surface area contributed by atoms with Gasteiger partial charge in [0.25, 0.3) is 0 Å². The number of hydrogen-bond donors (Lipinski definition) is 0. The number of carbonyl (C=O) groups is 1. The van der Waals surface area contributed by atoms with E-state index in [1.807, 2.05) is 24.3 Å². The molecular formula is C19H18O2. The molecule has 1 aliphatic heterocycles. The van der Waals surface area contributed by atoms with Gasteiger partial charge in [0.1, 0.15) is 11.5 Å². The van der Waals surface area contributed by atoms with Gasteiger partial charge in [-0.1, -0.05) is 48.5 Å². The van der Waals surface area contributed by atoms with Gasteiger partial charge in [-0.3, -0.25) is 4.79 Å². The largest absolute Gasteiger partial charge is 0.493 e. The Bertz CT molecular complexity index is 662. The van der Waals surface area contributed by atoms with Crippen LogP contribution < -0.4 is 4.74 Å². The van der Waals surface area contributed by atoms with Crippen LogP contribution >= 0.6 is 0 Å². The topological polar surface area (TPSA) is 26.3 Å². The first-order chi connectivity index (χ1) is 10.3. The minimum absolute atomic E-state index is 0.0265. The fourth-order valence-electron chi connectivity index (χ4n) is 3.39. The molecule has 2 nitrogen and oxygen atoms in total. The van der Waals surface area contributed by atoms with Crippen LogP contribution in [-0.4, -0.2) is 12.4 Å². The van der Waals surface area contributed by atoms with Crippen LogP contribution in [-0.2, 0) is 11.2 Å². The Balaban J connectivity index is 1.46. The SMILES string of the molecule is O=C(C1COc2ccccc2C1)C1CC1c1ccccc1. The van der Waals surface area contributed by atoms with E-state index >= 15 is 0 Å². The van der Waals surface area contributed by atoms with Gasteiger partial charge in [-0.2, -0.15) is 0 Å². The van der Waals surface area contributed by atoms with E-state index in [2.05, 4.69) is 30.3 Å². The number of ketones is 1. The summed E-state index contributed by atoms with van der Waals surface area (Å²) >= 11 is 0. The van der Waals surface area contributed by atoms with Crippen LogP contribution in [0.1, 0.15) is 23.5 Å². The maximum atomic E-state index is 12.7. The van der Waals surface area contributed by atoms with Crippen molar-refractivity contribution in [3.8, 4) is 5.75 Å². The van der Waals surface area contributed by atoms with Gasteiger partial charge in [-0.15, -0.1) is 0 Å². The van der Waals surface area contributed by atoms with Crippen molar-refractivity contribution in [1.82, 2.24) is 0 Å². The summed E-state index contributed by atoms with van der Waals surface area (Å²) in [6.45, 7) is 0.536. The minimum atomic E-state index is 0.0265. The summed E-state index contributed by atoms with van der Waals surface area (Å²) in [7, 11) is 0. The lowest BCUT2D eigenvalue weighted by molar-refractivity contribution is -0.125. The maximum absolute atomic E-state index is 12.7. The summed E-state index contributed by atoms with van der Waals surface area (Å²) in [4.78, 5) is 12.7. The number of Topliss-reactive ketones (excluding diaryl/α,β-unsaturated/α-hetero) is 1. The molecule has 3 unspecified atom stereocenters. The Morgan fingerprint density at radius 3 is 2.62 bits per heavy atom. The highest BCUT2D eigenvalue weighted by Gasteiger charge is 2.46. The average Bonchev–Trinajstić information content (AvgIpc) is 3.35. The fourth-order valence-corrected chi connectivity index (χ4v) is 3.39. The Labute approximate surface area is 124 Å². The zero-order valence-corrected chi connectivity index (χ0v) is 11.9. The van der Waals surface area contributed by atoms with Crippen LogP contribution in [0.2, 0.25) is 0 Å². The van der Waals surface area contributed by atoms with Crippen molar-refractivity contribution in [2.45, 2.75) is 18.8 Å². The van der Waals surface area contributed by atoms with E-state index in [0.717, 1.165) is 18.6 Å². The zero-order valence-electron chi connectivity index (χ0n) is 11.9. The van der Waals surface area contributed by atoms with Crippen molar-refractivity contribution >= 4 is 5.78 Å². The van der Waals surface area contributed by atoms with E-state index in [4.69, 9.17) is 4.74 Å². The van der Waals surface area contributed by atoms with Gasteiger partial charge >= 0.3 is 0 Å². The van der Waals surface area contributed by atoms with E-state index in [1.165, 1.54) is 11.1 Å². The minimum Gasteiger partial charge on any atom is -0.493 e. The van der Waals surface area contributed by atoms with E-state index in [1.54, 1.807) is 0 Å². The lowest BCUT2D eigenvalue weighted by Gasteiger charge is -2.24. The van der Waals surface area contributed by atoms with E-state index in [-0.39, 0.29) is 11.8 Å². The molecule has 1 fully saturated rings. The van der Waals surface area contributed by atoms with Crippen LogP contribution in [0.15, 0.2) is 54.6 Å². The van der Waals surface area contributed by atoms with Gasteiger partial charge in [-0.05, 0) is 36.0 Å². The molecule has 0 bridgehead atoms. The standard InChI is InChI=1S/C19H18O2/c20-19(17-11-16(17)13-6-2-1-3-7-13)15-10-14-8-4-5-9-18(14)21-12-15/h1-9,15-17H,10-12H2. The third-order valence-electron chi connectivity index (χ3n) is 4.66. The molecule has 2 aromatic rings. The number of hydrogen-bond acceptors (Lipinski definition) is 2. The third-order valence-corrected chi connectivity index (χ3v) is 4.66. The molecule has 1 aliphatic carbocycles. The van der Waals surface area contributed by atoms with Crippen molar-refractivity contribution in [2.75, 3.05) is 6.61 Å². The molecule has 2 aromatic carbocycles. The van der Waals surface area contributed by atoms with E-state index in [9.17, 15) is 4.79 Å². The second-order valence-electron chi connectivity index (χ2n) is 6.08. The first-order valence-corrected chi connectivity index (χ1v) is 7.62. The molecule has 106 valence electrons. The molecule has 0 saturated heterocycles. The lowest BCUT2D eigenvalue weighted by Crippen LogP contribution is -2.29. The molecule has 2 heteroatoms. The van der Waals surface area contributed by atoms with Gasteiger partial charge in [0, 0.05) is 5.92 Å². The summed E-state index contributed by atoms with van der Waals surface area (Å²) in [5, 5.41) is 0. The molecule has 1 heterocycles. The lowest BCUT2D eigenvalue weighted by atomic mass is 9.90. The highest BCUT2D eigenvalue weighted by Crippen LogP contribution is 2.49. The molecule has 0 amide bonds. The first-order valence-electron chi connectivity index (χ1n) is 7.62. The fraction of sp³-hybridized carbons (Fsp3) is 0.316. The maximum Gasteiger partial charge on any atom is 0.143 e. The predicted molar refractivity (Wildman–Crippen MR) is 81.4 cm³/mol. The second kappa shape index (κ2) is 5.03. The molecule has 1 saturated carbocycles. The number of rotatable bonds is 3. The molecule has 3 atom stereocenters. The Morgan fingerprint density at radius 2 is 1.76 bits per heavy atom. The normalized spacial score (nSPS) is 26.6. The molecule has 2 aliphatic rings. The van der Waals surface area contributed by atoms with Crippen LogP contribution in [0.5, 0.6) is 5.75 Å². The number of para-hydroxylation sites is 1. The van der Waals surface area contributed by atoms with Crippen molar-refractivity contribution in [1.29, 1.82) is 0 Å². The number of carbonyl (C=O) groups excluding carboxylic acids is 1. The molecule has 0 aromatic heterocycles. The molecule has 0 spiro atoms. The number of fused-ring (bicyclic) bond motifs is 1. The molecule has 0 N–H and O–H groups in total. The molecule has 4 rings (SSSR count). The quantitative estimate of drug-likeness (QED) is 0.857. The second-order valence-corrected chi connectivity index (χ2v) is 6.08. The van der Waals surface area contributed by atoms with Crippen LogP contribution in [0.25, 0.3) is 0 Å². The summed E-state index contributed by atoms with van der Waals surface area (Å²) in [6.07, 6.45) is 1.83. The number of ether oxygens (including phenoxy) is 1. The van der Waals surface area contributed by atoms with Gasteiger partial charge < -0.3 is 4.74 Å². The van der Waals surface area contributed by atoms with Gasteiger partial charge in [0.2, 0.25) is 0 Å². The highest BCUT2D eigenvalue weighted by atomic mass is 16.5. The highest BCUT2D eigenvalue weighted by molar-refractivity contribution is 5.87. The summed E-state index contributed by atoms with van der Waals surface area (Å²) < 4.78 is 5.76. The van der Waals surface area contributed by atoms with Gasteiger partial charge in [0.15, 0.2) is 0 Å². The van der Waals surface area contributed by atoms with Crippen LogP contribution in [0.3, 0.4) is 0 Å². The Kier molecular flexibility index (Phi) is 3.03. The summed E-state index contributed by atoms with van der Waals surface area (Å²) in [5.74, 6) is 1.98. The van der Waals surface area contributed by atoms with Crippen molar-refractivity contribution in [3.05, 3.63) is 65.7 Å². The van der Waals surface area contributed by atoms with Crippen molar-refractivity contribution in [2.24, 2.45) is 11.8 Å². The first kappa shape index (κ1) is 12.6. The van der Waals surface area contributed by atoms with Crippen molar-refractivity contribution < 1.29 is 9.53 Å². The monoisotopic (exact) mass is 278 g/mol. The van der Waals surface area contributed by atoms with Crippen LogP contribution in [0, 0.1) is 11.8 Å². The van der Waals surface area contributed by atoms with E-state index < -0.39 is 0 Å². The molecule has 0 radical (unpaired) electrons. The van der Waals surface area contributed by atoms with E-state index in [0.29, 0.717) is 18.3 Å².